The largest absolute Gasteiger partial charge is 0.497 e. The van der Waals surface area contributed by atoms with Gasteiger partial charge in [0.1, 0.15) is 11.6 Å². The van der Waals surface area contributed by atoms with Crippen LogP contribution < -0.4 is 4.74 Å². The van der Waals surface area contributed by atoms with Gasteiger partial charge < -0.3 is 24.2 Å². The van der Waals surface area contributed by atoms with Crippen LogP contribution in [0.2, 0.25) is 0 Å². The summed E-state index contributed by atoms with van der Waals surface area (Å²) in [5.41, 5.74) is 2.68. The van der Waals surface area contributed by atoms with Crippen LogP contribution in [0.15, 0.2) is 72.8 Å². The van der Waals surface area contributed by atoms with E-state index >= 15 is 0 Å². The first-order valence-electron chi connectivity index (χ1n) is 13.4. The molecule has 2 heterocycles. The number of benzene rings is 3. The van der Waals surface area contributed by atoms with Crippen LogP contribution >= 0.6 is 0 Å². The number of piperazine rings is 1. The van der Waals surface area contributed by atoms with Gasteiger partial charge in [0, 0.05) is 38.3 Å². The molecule has 0 N–H and O–H groups in total. The lowest BCUT2D eigenvalue weighted by molar-refractivity contribution is -0.136. The van der Waals surface area contributed by atoms with Crippen molar-refractivity contribution in [3.8, 4) is 5.75 Å². The van der Waals surface area contributed by atoms with Gasteiger partial charge in [0.25, 0.3) is 5.91 Å². The number of nitrogens with zero attached hydrogens (tertiary/aromatic N) is 3. The summed E-state index contributed by atoms with van der Waals surface area (Å²) >= 11 is 0. The summed E-state index contributed by atoms with van der Waals surface area (Å²) in [7, 11) is 1.58. The highest BCUT2D eigenvalue weighted by atomic mass is 19.1. The lowest BCUT2D eigenvalue weighted by Gasteiger charge is -2.44. The summed E-state index contributed by atoms with van der Waals surface area (Å²) in [5.74, 6) is -0.697. The molecule has 0 aliphatic carbocycles. The third kappa shape index (κ3) is 5.36. The third-order valence-corrected chi connectivity index (χ3v) is 7.55. The fourth-order valence-electron chi connectivity index (χ4n) is 5.51. The van der Waals surface area contributed by atoms with Crippen LogP contribution in [0.1, 0.15) is 45.9 Å². The zero-order valence-corrected chi connectivity index (χ0v) is 22.6. The number of rotatable bonds is 6. The molecule has 0 aromatic heterocycles. The van der Waals surface area contributed by atoms with Crippen LogP contribution in [0, 0.1) is 5.82 Å². The Kier molecular flexibility index (Phi) is 8.00. The lowest BCUT2D eigenvalue weighted by atomic mass is 9.78. The topological polar surface area (TPSA) is 79.4 Å². The van der Waals surface area contributed by atoms with Crippen LogP contribution in [-0.2, 0) is 16.1 Å². The van der Waals surface area contributed by atoms with E-state index < -0.39 is 12.0 Å². The molecule has 0 radical (unpaired) electrons. The van der Waals surface area contributed by atoms with Gasteiger partial charge in [-0.15, -0.1) is 0 Å². The van der Waals surface area contributed by atoms with E-state index in [-0.39, 0.29) is 36.9 Å². The maximum atomic E-state index is 14.4. The molecular weight excluding hydrogens is 513 g/mol. The van der Waals surface area contributed by atoms with Crippen LogP contribution in [0.4, 0.5) is 9.18 Å². The second-order valence-corrected chi connectivity index (χ2v) is 9.85. The van der Waals surface area contributed by atoms with E-state index in [1.165, 1.54) is 12.1 Å². The molecule has 208 valence electrons. The lowest BCUT2D eigenvalue weighted by Crippen LogP contribution is -2.54. The molecule has 0 bridgehead atoms. The van der Waals surface area contributed by atoms with Gasteiger partial charge in [0.05, 0.1) is 25.7 Å². The normalized spacial score (nSPS) is 18.8. The number of amides is 3. The summed E-state index contributed by atoms with van der Waals surface area (Å²) < 4.78 is 24.2. The third-order valence-electron chi connectivity index (χ3n) is 7.55. The van der Waals surface area contributed by atoms with Crippen molar-refractivity contribution < 1.29 is 28.2 Å². The Labute approximate surface area is 232 Å². The Morgan fingerprint density at radius 3 is 2.20 bits per heavy atom. The molecule has 0 unspecified atom stereocenters. The van der Waals surface area contributed by atoms with Crippen molar-refractivity contribution >= 4 is 17.9 Å². The van der Waals surface area contributed by atoms with E-state index in [0.717, 1.165) is 11.1 Å². The molecule has 2 aliphatic rings. The van der Waals surface area contributed by atoms with Crippen molar-refractivity contribution in [2.24, 2.45) is 0 Å². The SMILES string of the molecule is CCOC(=O)N1CCN(C(=O)[C@@H]2c3ccccc3C(=O)N(Cc3ccc(F)cc3)[C@@H]2c2ccc(OC)cc2)CC1. The zero-order chi connectivity index (χ0) is 28.2. The predicted molar refractivity (Wildman–Crippen MR) is 146 cm³/mol. The zero-order valence-electron chi connectivity index (χ0n) is 22.6. The average molecular weight is 546 g/mol. The molecule has 3 amide bonds. The second kappa shape index (κ2) is 11.8. The minimum absolute atomic E-state index is 0.117. The molecule has 9 heteroatoms. The van der Waals surface area contributed by atoms with Crippen molar-refractivity contribution in [1.82, 2.24) is 14.7 Å². The minimum Gasteiger partial charge on any atom is -0.497 e. The van der Waals surface area contributed by atoms with Crippen LogP contribution in [-0.4, -0.2) is 72.5 Å². The first-order chi connectivity index (χ1) is 19.4. The maximum Gasteiger partial charge on any atom is 0.409 e. The van der Waals surface area contributed by atoms with Crippen LogP contribution in [0.3, 0.4) is 0 Å². The molecular formula is C31H32FN3O5. The van der Waals surface area contributed by atoms with E-state index in [1.807, 2.05) is 36.4 Å². The number of methoxy groups -OCH3 is 1. The summed E-state index contributed by atoms with van der Waals surface area (Å²) in [5, 5.41) is 0. The van der Waals surface area contributed by atoms with Gasteiger partial charge in [-0.25, -0.2) is 9.18 Å². The van der Waals surface area contributed by atoms with Crippen LogP contribution in [0.5, 0.6) is 5.75 Å². The van der Waals surface area contributed by atoms with Gasteiger partial charge in [-0.1, -0.05) is 42.5 Å². The highest BCUT2D eigenvalue weighted by Gasteiger charge is 2.46. The van der Waals surface area contributed by atoms with Crippen molar-refractivity contribution in [3.63, 3.8) is 0 Å². The molecule has 3 aromatic rings. The van der Waals surface area contributed by atoms with Gasteiger partial charge in [-0.3, -0.25) is 9.59 Å². The van der Waals surface area contributed by atoms with Crippen molar-refractivity contribution in [3.05, 3.63) is 101 Å². The molecule has 2 atom stereocenters. The average Bonchev–Trinajstić information content (AvgIpc) is 2.99. The van der Waals surface area contributed by atoms with Gasteiger partial charge in [-0.05, 0) is 53.9 Å². The molecule has 5 rings (SSSR count). The molecule has 1 fully saturated rings. The van der Waals surface area contributed by atoms with Crippen LogP contribution in [0.25, 0.3) is 0 Å². The molecule has 0 spiro atoms. The Bertz CT molecular complexity index is 1370. The Morgan fingerprint density at radius 1 is 0.900 bits per heavy atom. The van der Waals surface area contributed by atoms with Crippen molar-refractivity contribution in [2.45, 2.75) is 25.4 Å². The first kappa shape index (κ1) is 27.2. The molecule has 1 saturated heterocycles. The van der Waals surface area contributed by atoms with E-state index in [1.54, 1.807) is 53.0 Å². The standard InChI is InChI=1S/C31H32FN3O5/c1-3-40-31(38)34-18-16-33(17-19-34)30(37)27-25-6-4-5-7-26(25)29(36)35(20-21-8-12-23(32)13-9-21)28(27)22-10-14-24(39-2)15-11-22/h4-15,27-28H,3,16-20H2,1-2H3/t27-,28-/m1/s1. The fraction of sp³-hybridized carbons (Fsp3) is 0.323. The Hall–Kier alpha value is -4.40. The van der Waals surface area contributed by atoms with E-state index in [0.29, 0.717) is 43.1 Å². The predicted octanol–water partition coefficient (Wildman–Crippen LogP) is 4.62. The van der Waals surface area contributed by atoms with E-state index in [4.69, 9.17) is 9.47 Å². The smallest absolute Gasteiger partial charge is 0.409 e. The van der Waals surface area contributed by atoms with Gasteiger partial charge >= 0.3 is 6.09 Å². The van der Waals surface area contributed by atoms with E-state index in [2.05, 4.69) is 0 Å². The summed E-state index contributed by atoms with van der Waals surface area (Å²) in [6.45, 7) is 3.70. The number of fused-ring (bicyclic) bond motifs is 1. The van der Waals surface area contributed by atoms with Gasteiger partial charge in [-0.2, -0.15) is 0 Å². The molecule has 3 aromatic carbocycles. The number of ether oxygens (including phenoxy) is 2. The summed E-state index contributed by atoms with van der Waals surface area (Å²) in [6, 6.07) is 20.0. The summed E-state index contributed by atoms with van der Waals surface area (Å²) in [6.07, 6.45) is -0.384. The fourth-order valence-corrected chi connectivity index (χ4v) is 5.51. The van der Waals surface area contributed by atoms with Crippen molar-refractivity contribution in [2.75, 3.05) is 39.9 Å². The number of halogens is 1. The molecule has 8 nitrogen and oxygen atoms in total. The maximum absolute atomic E-state index is 14.4. The quantitative estimate of drug-likeness (QED) is 0.452. The first-order valence-corrected chi connectivity index (χ1v) is 13.4. The van der Waals surface area contributed by atoms with Gasteiger partial charge in [0.15, 0.2) is 0 Å². The summed E-state index contributed by atoms with van der Waals surface area (Å²) in [4.78, 5) is 45.6. The monoisotopic (exact) mass is 545 g/mol. The molecule has 2 aliphatic heterocycles. The Morgan fingerprint density at radius 2 is 1.55 bits per heavy atom. The van der Waals surface area contributed by atoms with Crippen molar-refractivity contribution in [1.29, 1.82) is 0 Å². The number of carbonyl (C=O) groups is 3. The minimum atomic E-state index is -0.683. The second-order valence-electron chi connectivity index (χ2n) is 9.85. The molecule has 40 heavy (non-hydrogen) atoms. The number of hydrogen-bond acceptors (Lipinski definition) is 5. The van der Waals surface area contributed by atoms with Gasteiger partial charge in [0.2, 0.25) is 5.91 Å². The van der Waals surface area contributed by atoms with E-state index in [9.17, 15) is 18.8 Å². The highest BCUT2D eigenvalue weighted by molar-refractivity contribution is 6.01. The highest BCUT2D eigenvalue weighted by Crippen LogP contribution is 2.45. The Balaban J connectivity index is 1.54. The molecule has 0 saturated carbocycles. The number of carbonyl (C=O) groups excluding carboxylic acids is 3. The number of hydrogen-bond donors (Lipinski definition) is 0.